The van der Waals surface area contributed by atoms with E-state index in [0.717, 1.165) is 71.1 Å². The number of carbonyl (C=O) groups excluding carboxylic acids is 1. The van der Waals surface area contributed by atoms with Crippen molar-refractivity contribution in [1.82, 2.24) is 9.80 Å². The number of aliphatic hydroxyl groups is 1. The summed E-state index contributed by atoms with van der Waals surface area (Å²) in [5.41, 5.74) is 4.27. The summed E-state index contributed by atoms with van der Waals surface area (Å²) in [5, 5.41) is 10.6. The average Bonchev–Trinajstić information content (AvgIpc) is 3.31. The van der Waals surface area contributed by atoms with Crippen LogP contribution in [0.25, 0.3) is 0 Å². The molecule has 1 aromatic carbocycles. The number of fused-ring (bicyclic) bond motifs is 1. The van der Waals surface area contributed by atoms with Gasteiger partial charge in [0.2, 0.25) is 5.91 Å². The Morgan fingerprint density at radius 3 is 2.76 bits per heavy atom. The number of aliphatic hydroxyl groups excluding tert-OH is 1. The minimum Gasteiger partial charge on any atom is -0.392 e. The lowest BCUT2D eigenvalue weighted by molar-refractivity contribution is -0.132. The predicted molar refractivity (Wildman–Crippen MR) is 135 cm³/mol. The van der Waals surface area contributed by atoms with E-state index in [2.05, 4.69) is 61.4 Å². The van der Waals surface area contributed by atoms with Crippen molar-refractivity contribution in [3.63, 3.8) is 0 Å². The molecule has 4 atom stereocenters. The van der Waals surface area contributed by atoms with Gasteiger partial charge in [0, 0.05) is 38.5 Å². The van der Waals surface area contributed by atoms with Gasteiger partial charge in [-0.2, -0.15) is 0 Å². The van der Waals surface area contributed by atoms with Crippen molar-refractivity contribution in [1.29, 1.82) is 0 Å². The molecule has 4 rings (SSSR count). The van der Waals surface area contributed by atoms with Crippen LogP contribution >= 0.6 is 0 Å². The van der Waals surface area contributed by atoms with E-state index in [1.54, 1.807) is 5.57 Å². The van der Waals surface area contributed by atoms with Gasteiger partial charge in [0.25, 0.3) is 0 Å². The van der Waals surface area contributed by atoms with Gasteiger partial charge in [-0.1, -0.05) is 53.6 Å². The van der Waals surface area contributed by atoms with Crippen molar-refractivity contribution >= 4 is 5.91 Å². The van der Waals surface area contributed by atoms with Crippen LogP contribution in [0.4, 0.5) is 0 Å². The molecule has 2 aliphatic carbocycles. The number of likely N-dealkylation sites (N-methyl/N-ethyl adjacent to an activating group) is 1. The highest BCUT2D eigenvalue weighted by atomic mass is 16.3. The zero-order valence-electron chi connectivity index (χ0n) is 20.6. The summed E-state index contributed by atoms with van der Waals surface area (Å²) in [4.78, 5) is 16.8. The van der Waals surface area contributed by atoms with Crippen LogP contribution in [-0.2, 0) is 11.2 Å². The first-order valence-corrected chi connectivity index (χ1v) is 13.1. The fraction of sp³-hybridized carbons (Fsp3) is 0.621. The van der Waals surface area contributed by atoms with E-state index < -0.39 is 0 Å². The van der Waals surface area contributed by atoms with Gasteiger partial charge in [0.15, 0.2) is 0 Å². The number of amides is 1. The van der Waals surface area contributed by atoms with Crippen molar-refractivity contribution in [2.45, 2.75) is 64.4 Å². The molecule has 0 unspecified atom stereocenters. The van der Waals surface area contributed by atoms with E-state index in [1.807, 2.05) is 4.90 Å². The van der Waals surface area contributed by atoms with Crippen molar-refractivity contribution in [3.05, 3.63) is 59.2 Å². The quantitative estimate of drug-likeness (QED) is 0.436. The van der Waals surface area contributed by atoms with E-state index in [4.69, 9.17) is 0 Å². The Bertz CT molecular complexity index is 853. The fourth-order valence-electron chi connectivity index (χ4n) is 6.00. The molecule has 33 heavy (non-hydrogen) atoms. The maximum Gasteiger partial charge on any atom is 0.222 e. The normalized spacial score (nSPS) is 27.8. The molecule has 1 aliphatic heterocycles. The first kappa shape index (κ1) is 24.2. The molecule has 1 amide bonds. The molecule has 1 saturated heterocycles. The van der Waals surface area contributed by atoms with E-state index in [-0.39, 0.29) is 6.10 Å². The standard InChI is InChI=1S/C29H42N2O2/c1-22-8-7-11-23(18-22)9-3-5-12-26-27-20-24(19-25(27)21-28(26)32)10-4-6-13-29(33)31-16-14-30(2)15-17-31/h5,7-8,11-12,18-19,25-28,32H,3-4,6,9-10,13-17,20-21H2,1-2H3/t25-,26+,27-,28+/m0/s1. The second-order valence-corrected chi connectivity index (χ2v) is 10.6. The fourth-order valence-corrected chi connectivity index (χ4v) is 6.00. The first-order valence-electron chi connectivity index (χ1n) is 13.1. The Hall–Kier alpha value is -1.91. The number of benzene rings is 1. The lowest BCUT2D eigenvalue weighted by atomic mass is 9.88. The number of hydrogen-bond acceptors (Lipinski definition) is 3. The van der Waals surface area contributed by atoms with Gasteiger partial charge in [-0.25, -0.2) is 0 Å². The molecular weight excluding hydrogens is 408 g/mol. The van der Waals surface area contributed by atoms with Crippen LogP contribution < -0.4 is 0 Å². The van der Waals surface area contributed by atoms with Crippen LogP contribution in [0.2, 0.25) is 0 Å². The molecule has 0 spiro atoms. The first-order chi connectivity index (χ1) is 16.0. The molecule has 1 N–H and O–H groups in total. The lowest BCUT2D eigenvalue weighted by Crippen LogP contribution is -2.47. The summed E-state index contributed by atoms with van der Waals surface area (Å²) in [6, 6.07) is 8.74. The molecule has 0 radical (unpaired) electrons. The summed E-state index contributed by atoms with van der Waals surface area (Å²) in [7, 11) is 2.12. The van der Waals surface area contributed by atoms with Gasteiger partial charge >= 0.3 is 0 Å². The van der Waals surface area contributed by atoms with E-state index in [9.17, 15) is 9.90 Å². The lowest BCUT2D eigenvalue weighted by Gasteiger charge is -2.32. The summed E-state index contributed by atoms with van der Waals surface area (Å²) in [5.74, 6) is 1.73. The van der Waals surface area contributed by atoms with E-state index >= 15 is 0 Å². The molecule has 4 nitrogen and oxygen atoms in total. The maximum atomic E-state index is 12.4. The molecule has 4 heteroatoms. The highest BCUT2D eigenvalue weighted by molar-refractivity contribution is 5.76. The molecule has 1 heterocycles. The Labute approximate surface area is 200 Å². The number of carbonyl (C=O) groups is 1. The van der Waals surface area contributed by atoms with E-state index in [0.29, 0.717) is 30.1 Å². The van der Waals surface area contributed by atoms with Crippen LogP contribution in [0.15, 0.2) is 48.1 Å². The Kier molecular flexibility index (Phi) is 8.43. The third-order valence-electron chi connectivity index (χ3n) is 7.98. The Morgan fingerprint density at radius 1 is 1.15 bits per heavy atom. The smallest absolute Gasteiger partial charge is 0.222 e. The minimum absolute atomic E-state index is 0.200. The summed E-state index contributed by atoms with van der Waals surface area (Å²) < 4.78 is 0. The third-order valence-corrected chi connectivity index (χ3v) is 7.98. The topological polar surface area (TPSA) is 43.8 Å². The second-order valence-electron chi connectivity index (χ2n) is 10.6. The number of aryl methyl sites for hydroxylation is 2. The predicted octanol–water partition coefficient (Wildman–Crippen LogP) is 4.76. The largest absolute Gasteiger partial charge is 0.392 e. The van der Waals surface area contributed by atoms with Gasteiger partial charge in [0.1, 0.15) is 0 Å². The number of nitrogens with zero attached hydrogens (tertiary/aromatic N) is 2. The van der Waals surface area contributed by atoms with E-state index in [1.165, 1.54) is 11.1 Å². The summed E-state index contributed by atoms with van der Waals surface area (Å²) in [6.45, 7) is 5.90. The number of piperazine rings is 1. The Balaban J connectivity index is 1.17. The maximum absolute atomic E-state index is 12.4. The number of hydrogen-bond donors (Lipinski definition) is 1. The van der Waals surface area contributed by atoms with Crippen molar-refractivity contribution in [3.8, 4) is 0 Å². The highest BCUT2D eigenvalue weighted by Crippen LogP contribution is 2.48. The molecule has 0 aromatic heterocycles. The van der Waals surface area contributed by atoms with Crippen LogP contribution in [0.1, 0.15) is 56.1 Å². The van der Waals surface area contributed by atoms with Gasteiger partial charge in [-0.3, -0.25) is 4.79 Å². The van der Waals surface area contributed by atoms with Crippen molar-refractivity contribution in [2.75, 3.05) is 33.2 Å². The van der Waals surface area contributed by atoms with Crippen LogP contribution in [0.5, 0.6) is 0 Å². The summed E-state index contributed by atoms with van der Waals surface area (Å²) >= 11 is 0. The molecule has 1 aromatic rings. The second kappa shape index (κ2) is 11.5. The zero-order valence-corrected chi connectivity index (χ0v) is 20.6. The van der Waals surface area contributed by atoms with Gasteiger partial charge in [-0.05, 0) is 76.3 Å². The highest BCUT2D eigenvalue weighted by Gasteiger charge is 2.43. The number of rotatable bonds is 9. The van der Waals surface area contributed by atoms with Gasteiger partial charge < -0.3 is 14.9 Å². The molecule has 180 valence electrons. The van der Waals surface area contributed by atoms with Crippen LogP contribution in [0.3, 0.4) is 0 Å². The monoisotopic (exact) mass is 450 g/mol. The molecule has 2 fully saturated rings. The van der Waals surface area contributed by atoms with Crippen molar-refractivity contribution in [2.24, 2.45) is 17.8 Å². The molecule has 0 bridgehead atoms. The van der Waals surface area contributed by atoms with Crippen LogP contribution in [-0.4, -0.2) is 60.1 Å². The SMILES string of the molecule is Cc1cccc(CCC=C[C@@H]2[C@H]3CC(CCCCC(=O)N4CCN(C)CC4)=C[C@H]3C[C@H]2O)c1. The number of unbranched alkanes of at least 4 members (excludes halogenated alkanes) is 1. The van der Waals surface area contributed by atoms with Gasteiger partial charge in [0.05, 0.1) is 6.10 Å². The number of allylic oxidation sites excluding steroid dienone is 3. The Morgan fingerprint density at radius 2 is 1.97 bits per heavy atom. The summed E-state index contributed by atoms with van der Waals surface area (Å²) in [6.07, 6.45) is 14.9. The minimum atomic E-state index is -0.200. The third kappa shape index (κ3) is 6.58. The molecule has 1 saturated carbocycles. The molecular formula is C29H42N2O2. The van der Waals surface area contributed by atoms with Crippen molar-refractivity contribution < 1.29 is 9.90 Å². The molecule has 3 aliphatic rings. The van der Waals surface area contributed by atoms with Crippen LogP contribution in [0, 0.1) is 24.7 Å². The van der Waals surface area contributed by atoms with Gasteiger partial charge in [-0.15, -0.1) is 0 Å². The zero-order chi connectivity index (χ0) is 23.2. The average molecular weight is 451 g/mol.